The number of aromatic nitrogens is 2. The zero-order valence-corrected chi connectivity index (χ0v) is 11.9. The molecule has 0 saturated heterocycles. The minimum atomic E-state index is 0.162. The van der Waals surface area contributed by atoms with E-state index in [0.29, 0.717) is 0 Å². The molecule has 1 heterocycles. The fourth-order valence-corrected chi connectivity index (χ4v) is 3.30. The van der Waals surface area contributed by atoms with Gasteiger partial charge in [-0.25, -0.2) is 0 Å². The van der Waals surface area contributed by atoms with Gasteiger partial charge in [0.15, 0.2) is 0 Å². The van der Waals surface area contributed by atoms with Crippen LogP contribution in [-0.2, 0) is 13.5 Å². The van der Waals surface area contributed by atoms with E-state index in [1.54, 1.807) is 0 Å². The predicted molar refractivity (Wildman–Crippen MR) is 74.4 cm³/mol. The Labute approximate surface area is 110 Å². The summed E-state index contributed by atoms with van der Waals surface area (Å²) >= 11 is 0. The van der Waals surface area contributed by atoms with Gasteiger partial charge in [0, 0.05) is 31.2 Å². The van der Waals surface area contributed by atoms with Crippen LogP contribution in [0.1, 0.15) is 37.8 Å². The molecule has 0 spiro atoms. The number of aryl methyl sites for hydroxylation is 1. The number of hydrogen-bond donors (Lipinski definition) is 1. The van der Waals surface area contributed by atoms with Gasteiger partial charge in [0.25, 0.3) is 0 Å². The van der Waals surface area contributed by atoms with Crippen LogP contribution in [0.25, 0.3) is 0 Å². The van der Waals surface area contributed by atoms with Gasteiger partial charge in [-0.1, -0.05) is 19.3 Å². The molecule has 1 aromatic rings. The average molecular weight is 250 g/mol. The highest BCUT2D eigenvalue weighted by molar-refractivity contribution is 5.08. The Morgan fingerprint density at radius 1 is 1.39 bits per heavy atom. The van der Waals surface area contributed by atoms with Gasteiger partial charge in [-0.05, 0) is 33.0 Å². The van der Waals surface area contributed by atoms with Crippen LogP contribution < -0.4 is 5.73 Å². The molecular weight excluding hydrogens is 224 g/mol. The second-order valence-corrected chi connectivity index (χ2v) is 5.85. The molecule has 0 radical (unpaired) electrons. The highest BCUT2D eigenvalue weighted by atomic mass is 15.2. The molecule has 0 bridgehead atoms. The molecule has 1 aliphatic carbocycles. The van der Waals surface area contributed by atoms with Crippen molar-refractivity contribution in [3.63, 3.8) is 0 Å². The summed E-state index contributed by atoms with van der Waals surface area (Å²) in [5, 5.41) is 4.45. The lowest BCUT2D eigenvalue weighted by atomic mass is 9.74. The summed E-state index contributed by atoms with van der Waals surface area (Å²) in [7, 11) is 6.30. The Morgan fingerprint density at radius 2 is 2.06 bits per heavy atom. The topological polar surface area (TPSA) is 47.1 Å². The van der Waals surface area contributed by atoms with Crippen molar-refractivity contribution in [1.29, 1.82) is 0 Å². The Morgan fingerprint density at radius 3 is 2.56 bits per heavy atom. The van der Waals surface area contributed by atoms with E-state index in [1.165, 1.54) is 32.1 Å². The van der Waals surface area contributed by atoms with Gasteiger partial charge in [-0.15, -0.1) is 0 Å². The van der Waals surface area contributed by atoms with Crippen LogP contribution in [0.2, 0.25) is 0 Å². The van der Waals surface area contributed by atoms with E-state index >= 15 is 0 Å². The third kappa shape index (κ3) is 2.59. The first-order valence-electron chi connectivity index (χ1n) is 6.96. The maximum absolute atomic E-state index is 6.53. The number of nitrogens with two attached hydrogens (primary N) is 1. The van der Waals surface area contributed by atoms with E-state index < -0.39 is 0 Å². The summed E-state index contributed by atoms with van der Waals surface area (Å²) in [6, 6.07) is 2.24. The van der Waals surface area contributed by atoms with Gasteiger partial charge in [0.05, 0.1) is 5.69 Å². The van der Waals surface area contributed by atoms with Gasteiger partial charge in [-0.3, -0.25) is 4.68 Å². The van der Waals surface area contributed by atoms with E-state index in [0.717, 1.165) is 12.1 Å². The number of likely N-dealkylation sites (N-methyl/N-ethyl adjacent to an activating group) is 1. The van der Waals surface area contributed by atoms with E-state index in [1.807, 2.05) is 17.9 Å². The number of rotatable bonds is 4. The third-order valence-electron chi connectivity index (χ3n) is 4.50. The lowest BCUT2D eigenvalue weighted by Crippen LogP contribution is -2.59. The molecule has 2 N–H and O–H groups in total. The molecule has 18 heavy (non-hydrogen) atoms. The summed E-state index contributed by atoms with van der Waals surface area (Å²) in [5.41, 5.74) is 7.81. The fraction of sp³-hybridized carbons (Fsp3) is 0.786. The Kier molecular flexibility index (Phi) is 4.07. The summed E-state index contributed by atoms with van der Waals surface area (Å²) in [6.07, 6.45) is 9.25. The third-order valence-corrected chi connectivity index (χ3v) is 4.50. The number of hydrogen-bond acceptors (Lipinski definition) is 3. The van der Waals surface area contributed by atoms with E-state index in [-0.39, 0.29) is 11.6 Å². The summed E-state index contributed by atoms with van der Waals surface area (Å²) in [6.45, 7) is 0. The standard InChI is InChI=1S/C14H26N4/c1-17(2)14(8-5-4-6-9-14)13(15)11-12-7-10-18(3)16-12/h7,10,13H,4-6,8-9,11,15H2,1-3H3. The molecule has 102 valence electrons. The van der Waals surface area contributed by atoms with Crippen LogP contribution >= 0.6 is 0 Å². The maximum Gasteiger partial charge on any atom is 0.0640 e. The minimum absolute atomic E-state index is 0.162. The fourth-order valence-electron chi connectivity index (χ4n) is 3.30. The molecule has 1 saturated carbocycles. The molecule has 1 fully saturated rings. The van der Waals surface area contributed by atoms with E-state index in [9.17, 15) is 0 Å². The second kappa shape index (κ2) is 5.41. The summed E-state index contributed by atoms with van der Waals surface area (Å²) in [4.78, 5) is 2.35. The van der Waals surface area contributed by atoms with Crippen LogP contribution in [0.5, 0.6) is 0 Å². The largest absolute Gasteiger partial charge is 0.326 e. The maximum atomic E-state index is 6.53. The molecule has 4 heteroatoms. The zero-order chi connectivity index (χ0) is 13.2. The summed E-state index contributed by atoms with van der Waals surface area (Å²) < 4.78 is 1.85. The van der Waals surface area contributed by atoms with Crippen LogP contribution in [0.4, 0.5) is 0 Å². The molecule has 1 atom stereocenters. The normalized spacial score (nSPS) is 21.2. The van der Waals surface area contributed by atoms with Gasteiger partial charge >= 0.3 is 0 Å². The highest BCUT2D eigenvalue weighted by Crippen LogP contribution is 2.35. The van der Waals surface area contributed by atoms with Gasteiger partial charge < -0.3 is 10.6 Å². The highest BCUT2D eigenvalue weighted by Gasteiger charge is 2.39. The van der Waals surface area contributed by atoms with Crippen molar-refractivity contribution in [2.24, 2.45) is 12.8 Å². The van der Waals surface area contributed by atoms with Crippen LogP contribution in [0, 0.1) is 0 Å². The Balaban J connectivity index is 2.10. The quantitative estimate of drug-likeness (QED) is 0.882. The van der Waals surface area contributed by atoms with Crippen LogP contribution in [-0.4, -0.2) is 40.4 Å². The SMILES string of the molecule is CN(C)C1(C(N)Cc2ccn(C)n2)CCCCC1. The first kappa shape index (κ1) is 13.6. The van der Waals surface area contributed by atoms with Gasteiger partial charge in [0.1, 0.15) is 0 Å². The Hall–Kier alpha value is -0.870. The molecule has 0 aromatic carbocycles. The molecule has 0 aliphatic heterocycles. The smallest absolute Gasteiger partial charge is 0.0640 e. The monoisotopic (exact) mass is 250 g/mol. The van der Waals surface area contributed by atoms with Gasteiger partial charge in [0.2, 0.25) is 0 Å². The van der Waals surface area contributed by atoms with Crippen molar-refractivity contribution in [1.82, 2.24) is 14.7 Å². The zero-order valence-electron chi connectivity index (χ0n) is 11.9. The Bertz CT molecular complexity index is 377. The molecule has 4 nitrogen and oxygen atoms in total. The van der Waals surface area contributed by atoms with Crippen molar-refractivity contribution < 1.29 is 0 Å². The molecule has 1 unspecified atom stereocenters. The van der Waals surface area contributed by atoms with Crippen molar-refractivity contribution in [3.05, 3.63) is 18.0 Å². The number of nitrogens with zero attached hydrogens (tertiary/aromatic N) is 3. The average Bonchev–Trinajstić information content (AvgIpc) is 2.75. The summed E-state index contributed by atoms with van der Waals surface area (Å²) in [5.74, 6) is 0. The predicted octanol–water partition coefficient (Wildman–Crippen LogP) is 1.55. The minimum Gasteiger partial charge on any atom is -0.326 e. The molecule has 2 rings (SSSR count). The van der Waals surface area contributed by atoms with E-state index in [2.05, 4.69) is 30.2 Å². The van der Waals surface area contributed by atoms with Crippen LogP contribution in [0.15, 0.2) is 12.3 Å². The van der Waals surface area contributed by atoms with Crippen molar-refractivity contribution in [3.8, 4) is 0 Å². The van der Waals surface area contributed by atoms with E-state index in [4.69, 9.17) is 5.73 Å². The molecular formula is C14H26N4. The lowest BCUT2D eigenvalue weighted by Gasteiger charge is -2.47. The first-order chi connectivity index (χ1) is 8.54. The van der Waals surface area contributed by atoms with Crippen LogP contribution in [0.3, 0.4) is 0 Å². The lowest BCUT2D eigenvalue weighted by molar-refractivity contribution is 0.0712. The molecule has 1 aliphatic rings. The van der Waals surface area contributed by atoms with Gasteiger partial charge in [-0.2, -0.15) is 5.10 Å². The molecule has 1 aromatic heterocycles. The molecule has 0 amide bonds. The second-order valence-electron chi connectivity index (χ2n) is 5.85. The van der Waals surface area contributed by atoms with Crippen molar-refractivity contribution in [2.75, 3.05) is 14.1 Å². The van der Waals surface area contributed by atoms with Crippen molar-refractivity contribution in [2.45, 2.75) is 50.1 Å². The first-order valence-corrected chi connectivity index (χ1v) is 6.96. The van der Waals surface area contributed by atoms with Crippen molar-refractivity contribution >= 4 is 0 Å².